The summed E-state index contributed by atoms with van der Waals surface area (Å²) in [6, 6.07) is 0. The fourth-order valence-electron chi connectivity index (χ4n) is 1.58. The molecule has 1 aromatic rings. The molecular formula is C11H17N3O5. The standard InChI is InChI=1S/C11H17N3O5/c1-3-19-10-8(6-12-13(2)11(10)18)14(4-5-15)7-9(16)17/h6,15H,3-5,7H2,1-2H3,(H,16,17). The SMILES string of the molecule is CCOc1c(N(CCO)CC(=O)O)cnn(C)c1=O. The van der Waals surface area contributed by atoms with Crippen LogP contribution in [0.2, 0.25) is 0 Å². The summed E-state index contributed by atoms with van der Waals surface area (Å²) in [5, 5.41) is 21.7. The van der Waals surface area contributed by atoms with Crippen LogP contribution in [0.4, 0.5) is 5.69 Å². The van der Waals surface area contributed by atoms with Crippen molar-refractivity contribution in [3.05, 3.63) is 16.6 Å². The van der Waals surface area contributed by atoms with E-state index in [1.807, 2.05) is 0 Å². The van der Waals surface area contributed by atoms with E-state index < -0.39 is 11.5 Å². The van der Waals surface area contributed by atoms with Gasteiger partial charge in [-0.25, -0.2) is 4.68 Å². The number of anilines is 1. The number of ether oxygens (including phenoxy) is 1. The molecule has 8 heteroatoms. The molecule has 0 unspecified atom stereocenters. The molecular weight excluding hydrogens is 254 g/mol. The Morgan fingerprint density at radius 2 is 2.26 bits per heavy atom. The number of aliphatic carboxylic acids is 1. The number of carbonyl (C=O) groups is 1. The second kappa shape index (κ2) is 6.74. The Bertz CT molecular complexity index is 500. The zero-order valence-electron chi connectivity index (χ0n) is 10.9. The van der Waals surface area contributed by atoms with Gasteiger partial charge in [-0.1, -0.05) is 0 Å². The fourth-order valence-corrected chi connectivity index (χ4v) is 1.58. The summed E-state index contributed by atoms with van der Waals surface area (Å²) < 4.78 is 6.37. The van der Waals surface area contributed by atoms with E-state index in [1.165, 1.54) is 18.1 Å². The van der Waals surface area contributed by atoms with Gasteiger partial charge in [-0.2, -0.15) is 5.10 Å². The number of aryl methyl sites for hydroxylation is 1. The van der Waals surface area contributed by atoms with Crippen LogP contribution in [0.15, 0.2) is 11.0 Å². The van der Waals surface area contributed by atoms with Crippen LogP contribution in [-0.4, -0.2) is 52.3 Å². The fraction of sp³-hybridized carbons (Fsp3) is 0.545. The lowest BCUT2D eigenvalue weighted by atomic mass is 10.3. The van der Waals surface area contributed by atoms with Crippen LogP contribution in [0.25, 0.3) is 0 Å². The summed E-state index contributed by atoms with van der Waals surface area (Å²) in [7, 11) is 1.47. The molecule has 0 aliphatic heterocycles. The largest absolute Gasteiger partial charge is 0.487 e. The van der Waals surface area contributed by atoms with E-state index in [0.29, 0.717) is 0 Å². The van der Waals surface area contributed by atoms with Crippen LogP contribution in [0.5, 0.6) is 5.75 Å². The van der Waals surface area contributed by atoms with Crippen molar-refractivity contribution in [2.75, 3.05) is 31.2 Å². The van der Waals surface area contributed by atoms with Gasteiger partial charge in [-0.15, -0.1) is 0 Å². The molecule has 1 heterocycles. The first kappa shape index (κ1) is 15.0. The summed E-state index contributed by atoms with van der Waals surface area (Å²) >= 11 is 0. The first-order valence-electron chi connectivity index (χ1n) is 5.78. The number of rotatable bonds is 7. The van der Waals surface area contributed by atoms with Crippen LogP contribution < -0.4 is 15.2 Å². The number of nitrogens with zero attached hydrogens (tertiary/aromatic N) is 3. The topological polar surface area (TPSA) is 105 Å². The molecule has 19 heavy (non-hydrogen) atoms. The minimum absolute atomic E-state index is 0.0368. The van der Waals surface area contributed by atoms with Gasteiger partial charge in [0, 0.05) is 13.6 Å². The van der Waals surface area contributed by atoms with E-state index in [9.17, 15) is 9.59 Å². The number of carboxylic acid groups (broad SMARTS) is 1. The lowest BCUT2D eigenvalue weighted by Gasteiger charge is -2.23. The van der Waals surface area contributed by atoms with Gasteiger partial charge < -0.3 is 19.8 Å². The molecule has 106 valence electrons. The van der Waals surface area contributed by atoms with Gasteiger partial charge >= 0.3 is 11.5 Å². The van der Waals surface area contributed by atoms with Crippen molar-refractivity contribution in [1.29, 1.82) is 0 Å². The van der Waals surface area contributed by atoms with Gasteiger partial charge in [0.25, 0.3) is 0 Å². The molecule has 0 radical (unpaired) electrons. The third-order valence-corrected chi connectivity index (χ3v) is 2.40. The van der Waals surface area contributed by atoms with Crippen molar-refractivity contribution in [3.8, 4) is 5.75 Å². The van der Waals surface area contributed by atoms with E-state index >= 15 is 0 Å². The molecule has 0 atom stereocenters. The Morgan fingerprint density at radius 1 is 1.58 bits per heavy atom. The van der Waals surface area contributed by atoms with Gasteiger partial charge in [0.1, 0.15) is 12.2 Å². The average molecular weight is 271 g/mol. The Kier molecular flexibility index (Phi) is 5.31. The number of carboxylic acids is 1. The molecule has 0 aliphatic rings. The van der Waals surface area contributed by atoms with Gasteiger partial charge in [0.2, 0.25) is 5.75 Å². The van der Waals surface area contributed by atoms with E-state index in [-0.39, 0.29) is 37.7 Å². The van der Waals surface area contributed by atoms with Crippen molar-refractivity contribution in [3.63, 3.8) is 0 Å². The molecule has 0 amide bonds. The number of hydrogen-bond donors (Lipinski definition) is 2. The summed E-state index contributed by atoms with van der Waals surface area (Å²) in [4.78, 5) is 24.1. The number of hydrogen-bond acceptors (Lipinski definition) is 6. The minimum atomic E-state index is -1.07. The molecule has 1 rings (SSSR count). The Labute approximate surface area is 109 Å². The predicted octanol–water partition coefficient (Wildman–Crippen LogP) is -0.938. The van der Waals surface area contributed by atoms with E-state index in [4.69, 9.17) is 14.9 Å². The minimum Gasteiger partial charge on any atom is -0.487 e. The van der Waals surface area contributed by atoms with Crippen molar-refractivity contribution in [2.24, 2.45) is 7.05 Å². The molecule has 0 aromatic carbocycles. The first-order chi connectivity index (χ1) is 9.01. The van der Waals surface area contributed by atoms with Crippen LogP contribution >= 0.6 is 0 Å². The third kappa shape index (κ3) is 3.68. The number of aliphatic hydroxyl groups excluding tert-OH is 1. The second-order valence-electron chi connectivity index (χ2n) is 3.76. The maximum Gasteiger partial charge on any atom is 0.323 e. The van der Waals surface area contributed by atoms with Crippen LogP contribution in [0.3, 0.4) is 0 Å². The summed E-state index contributed by atoms with van der Waals surface area (Å²) in [5.41, 5.74) is -0.186. The maximum atomic E-state index is 11.9. The Balaban J connectivity index is 3.24. The molecule has 2 N–H and O–H groups in total. The Morgan fingerprint density at radius 3 is 2.79 bits per heavy atom. The second-order valence-corrected chi connectivity index (χ2v) is 3.76. The van der Waals surface area contributed by atoms with Crippen molar-refractivity contribution in [1.82, 2.24) is 9.78 Å². The maximum absolute atomic E-state index is 11.9. The molecule has 0 saturated heterocycles. The normalized spacial score (nSPS) is 10.3. The van der Waals surface area contributed by atoms with Crippen molar-refractivity contribution >= 4 is 11.7 Å². The number of aliphatic hydroxyl groups is 1. The van der Waals surface area contributed by atoms with Crippen LogP contribution in [0.1, 0.15) is 6.92 Å². The highest BCUT2D eigenvalue weighted by Gasteiger charge is 2.19. The van der Waals surface area contributed by atoms with E-state index in [2.05, 4.69) is 5.10 Å². The number of aromatic nitrogens is 2. The van der Waals surface area contributed by atoms with E-state index in [0.717, 1.165) is 4.68 Å². The molecule has 0 saturated carbocycles. The first-order valence-corrected chi connectivity index (χ1v) is 5.78. The molecule has 0 spiro atoms. The Hall–Kier alpha value is -2.09. The molecule has 0 fully saturated rings. The smallest absolute Gasteiger partial charge is 0.323 e. The van der Waals surface area contributed by atoms with Crippen LogP contribution in [0, 0.1) is 0 Å². The highest BCUT2D eigenvalue weighted by atomic mass is 16.5. The highest BCUT2D eigenvalue weighted by Crippen LogP contribution is 2.22. The monoisotopic (exact) mass is 271 g/mol. The predicted molar refractivity (Wildman–Crippen MR) is 67.6 cm³/mol. The van der Waals surface area contributed by atoms with Crippen LogP contribution in [-0.2, 0) is 11.8 Å². The van der Waals surface area contributed by atoms with Gasteiger partial charge in [0.05, 0.1) is 19.4 Å². The lowest BCUT2D eigenvalue weighted by molar-refractivity contribution is -0.135. The van der Waals surface area contributed by atoms with Crippen molar-refractivity contribution < 1.29 is 19.7 Å². The van der Waals surface area contributed by atoms with Gasteiger partial charge in [-0.05, 0) is 6.92 Å². The van der Waals surface area contributed by atoms with Gasteiger partial charge in [0.15, 0.2) is 0 Å². The third-order valence-electron chi connectivity index (χ3n) is 2.40. The zero-order chi connectivity index (χ0) is 14.4. The molecule has 1 aromatic heterocycles. The molecule has 8 nitrogen and oxygen atoms in total. The summed E-state index contributed by atoms with van der Waals surface area (Å²) in [5.74, 6) is -1.04. The summed E-state index contributed by atoms with van der Waals surface area (Å²) in [6.07, 6.45) is 1.35. The lowest BCUT2D eigenvalue weighted by Crippen LogP contribution is -2.35. The van der Waals surface area contributed by atoms with E-state index in [1.54, 1.807) is 6.92 Å². The molecule has 0 aliphatic carbocycles. The quantitative estimate of drug-likeness (QED) is 0.659. The highest BCUT2D eigenvalue weighted by molar-refractivity contribution is 5.74. The van der Waals surface area contributed by atoms with Crippen molar-refractivity contribution in [2.45, 2.75) is 6.92 Å². The summed E-state index contributed by atoms with van der Waals surface area (Å²) in [6.45, 7) is 1.47. The van der Waals surface area contributed by atoms with Gasteiger partial charge in [-0.3, -0.25) is 9.59 Å². The zero-order valence-corrected chi connectivity index (χ0v) is 10.9. The molecule has 0 bridgehead atoms. The average Bonchev–Trinajstić information content (AvgIpc) is 2.34.